The van der Waals surface area contributed by atoms with Gasteiger partial charge in [-0.2, -0.15) is 0 Å². The van der Waals surface area contributed by atoms with Gasteiger partial charge in [-0.25, -0.2) is 0 Å². The number of nitrogens with one attached hydrogen (secondary N) is 1. The first kappa shape index (κ1) is 12.9. The van der Waals surface area contributed by atoms with Crippen molar-refractivity contribution in [1.29, 1.82) is 0 Å². The third kappa shape index (κ3) is 2.14. The molecule has 1 N–H and O–H groups in total. The molecule has 0 saturated heterocycles. The maximum absolute atomic E-state index is 12.4. The Morgan fingerprint density at radius 2 is 2.14 bits per heavy atom. The van der Waals surface area contributed by atoms with Crippen molar-refractivity contribution in [3.8, 4) is 5.75 Å². The van der Waals surface area contributed by atoms with Gasteiger partial charge in [0, 0.05) is 17.1 Å². The Balaban J connectivity index is 2.06. The molecule has 0 aliphatic carbocycles. The second-order valence-electron chi connectivity index (χ2n) is 4.34. The van der Waals surface area contributed by atoms with Crippen LogP contribution in [0.2, 0.25) is 0 Å². The number of H-pyrrole nitrogens is 1. The van der Waals surface area contributed by atoms with Gasteiger partial charge in [0.05, 0.1) is 18.7 Å². The average Bonchev–Trinajstić information content (AvgIpc) is 3.12. The van der Waals surface area contributed by atoms with Gasteiger partial charge in [0.2, 0.25) is 5.78 Å². The maximum Gasteiger partial charge on any atom is 0.433 e. The van der Waals surface area contributed by atoms with Crippen LogP contribution >= 0.6 is 0 Å². The Kier molecular flexibility index (Phi) is 2.94. The summed E-state index contributed by atoms with van der Waals surface area (Å²) in [7, 11) is 1.53. The maximum atomic E-state index is 12.4. The Bertz CT molecular complexity index is 846. The van der Waals surface area contributed by atoms with Crippen molar-refractivity contribution >= 4 is 22.6 Å². The fraction of sp³-hybridized carbons (Fsp3) is 0.0714. The molecule has 0 aliphatic rings. The first-order chi connectivity index (χ1) is 10.1. The number of aromatic amines is 1. The van der Waals surface area contributed by atoms with E-state index in [0.29, 0.717) is 16.7 Å². The normalized spacial score (nSPS) is 10.7. The van der Waals surface area contributed by atoms with Gasteiger partial charge < -0.3 is 14.1 Å². The second kappa shape index (κ2) is 4.78. The van der Waals surface area contributed by atoms with Gasteiger partial charge in [-0.05, 0) is 24.3 Å². The van der Waals surface area contributed by atoms with E-state index in [1.807, 2.05) is 0 Å². The number of nitrogens with zero attached hydrogens (tertiary/aromatic N) is 1. The van der Waals surface area contributed by atoms with Gasteiger partial charge in [-0.15, -0.1) is 0 Å². The summed E-state index contributed by atoms with van der Waals surface area (Å²) in [5.41, 5.74) is 1.13. The fourth-order valence-corrected chi connectivity index (χ4v) is 2.10. The molecule has 7 heteroatoms. The molecule has 0 fully saturated rings. The van der Waals surface area contributed by atoms with Gasteiger partial charge in [0.15, 0.2) is 5.76 Å². The number of hydrogen-bond acceptors (Lipinski definition) is 5. The molecule has 0 amide bonds. The highest BCUT2D eigenvalue weighted by atomic mass is 16.6. The third-order valence-electron chi connectivity index (χ3n) is 3.13. The van der Waals surface area contributed by atoms with Crippen molar-refractivity contribution in [3.05, 3.63) is 58.0 Å². The summed E-state index contributed by atoms with van der Waals surface area (Å²) in [5.74, 6) is -0.356. The molecule has 0 spiro atoms. The van der Waals surface area contributed by atoms with Crippen molar-refractivity contribution in [2.24, 2.45) is 0 Å². The summed E-state index contributed by atoms with van der Waals surface area (Å²) in [5, 5.41) is 11.3. The van der Waals surface area contributed by atoms with Crippen molar-refractivity contribution in [2.75, 3.05) is 7.11 Å². The third-order valence-corrected chi connectivity index (χ3v) is 3.13. The lowest BCUT2D eigenvalue weighted by Crippen LogP contribution is -1.98. The van der Waals surface area contributed by atoms with E-state index in [1.165, 1.54) is 13.2 Å². The molecular weight excluding hydrogens is 276 g/mol. The molecule has 21 heavy (non-hydrogen) atoms. The predicted molar refractivity (Wildman–Crippen MR) is 73.6 cm³/mol. The van der Waals surface area contributed by atoms with E-state index in [0.717, 1.165) is 11.6 Å². The molecule has 2 aromatic heterocycles. The Hall–Kier alpha value is -3.09. The number of hydrogen-bond donors (Lipinski definition) is 1. The molecular formula is C14H10N2O5. The number of ketones is 1. The number of methoxy groups -OCH3 is 1. The van der Waals surface area contributed by atoms with Gasteiger partial charge in [-0.3, -0.25) is 14.9 Å². The lowest BCUT2D eigenvalue weighted by Gasteiger charge is -2.00. The van der Waals surface area contributed by atoms with E-state index in [2.05, 4.69) is 4.98 Å². The zero-order chi connectivity index (χ0) is 15.0. The second-order valence-corrected chi connectivity index (χ2v) is 4.34. The van der Waals surface area contributed by atoms with Crippen molar-refractivity contribution in [2.45, 2.75) is 0 Å². The highest BCUT2D eigenvalue weighted by Gasteiger charge is 2.21. The van der Waals surface area contributed by atoms with E-state index in [-0.39, 0.29) is 5.76 Å². The van der Waals surface area contributed by atoms with E-state index in [1.54, 1.807) is 24.4 Å². The molecule has 106 valence electrons. The number of rotatable bonds is 4. The Labute approximate surface area is 118 Å². The summed E-state index contributed by atoms with van der Waals surface area (Å²) in [6.45, 7) is 0. The molecule has 3 aromatic rings. The number of carbonyl (C=O) groups is 1. The number of furan rings is 1. The number of aromatic nitrogens is 1. The van der Waals surface area contributed by atoms with Crippen LogP contribution in [-0.2, 0) is 0 Å². The molecule has 2 heterocycles. The molecule has 3 rings (SSSR count). The Morgan fingerprint density at radius 1 is 1.33 bits per heavy atom. The summed E-state index contributed by atoms with van der Waals surface area (Å²) >= 11 is 0. The van der Waals surface area contributed by atoms with Crippen LogP contribution in [0.1, 0.15) is 16.1 Å². The molecule has 0 radical (unpaired) electrons. The standard InChI is InChI=1S/C14H10N2O5/c1-20-8-2-3-11-9(6-8)10(7-15-11)14(17)12-4-5-13(21-12)16(18)19/h2-7,15H,1H3. The highest BCUT2D eigenvalue weighted by Crippen LogP contribution is 2.26. The van der Waals surface area contributed by atoms with Gasteiger partial charge in [0.25, 0.3) is 0 Å². The van der Waals surface area contributed by atoms with Crippen molar-refractivity contribution < 1.29 is 18.9 Å². The van der Waals surface area contributed by atoms with Crippen LogP contribution in [0.15, 0.2) is 40.9 Å². The monoisotopic (exact) mass is 286 g/mol. The van der Waals surface area contributed by atoms with Crippen LogP contribution in [-0.4, -0.2) is 22.8 Å². The van der Waals surface area contributed by atoms with Crippen LogP contribution in [0.25, 0.3) is 10.9 Å². The van der Waals surface area contributed by atoms with Gasteiger partial charge in [0.1, 0.15) is 10.7 Å². The van der Waals surface area contributed by atoms with Crippen LogP contribution in [0, 0.1) is 10.1 Å². The summed E-state index contributed by atoms with van der Waals surface area (Å²) in [6.07, 6.45) is 1.54. The number of fused-ring (bicyclic) bond motifs is 1. The molecule has 0 bridgehead atoms. The van der Waals surface area contributed by atoms with Crippen LogP contribution in [0.3, 0.4) is 0 Å². The molecule has 0 saturated carbocycles. The minimum atomic E-state index is -0.685. The summed E-state index contributed by atoms with van der Waals surface area (Å²) in [6, 6.07) is 7.72. The van der Waals surface area contributed by atoms with Crippen LogP contribution in [0.4, 0.5) is 5.88 Å². The number of benzene rings is 1. The molecule has 1 aromatic carbocycles. The molecule has 0 aliphatic heterocycles. The summed E-state index contributed by atoms with van der Waals surface area (Å²) < 4.78 is 10.1. The average molecular weight is 286 g/mol. The predicted octanol–water partition coefficient (Wildman–Crippen LogP) is 2.91. The SMILES string of the molecule is COc1ccc2[nH]cc(C(=O)c3ccc([N+](=O)[O-])o3)c2c1. The number of ether oxygens (including phenoxy) is 1. The van der Waals surface area contributed by atoms with E-state index in [9.17, 15) is 14.9 Å². The number of carbonyl (C=O) groups excluding carboxylic acids is 1. The molecule has 0 atom stereocenters. The van der Waals surface area contributed by atoms with E-state index >= 15 is 0 Å². The zero-order valence-corrected chi connectivity index (χ0v) is 11.0. The zero-order valence-electron chi connectivity index (χ0n) is 11.0. The van der Waals surface area contributed by atoms with E-state index in [4.69, 9.17) is 9.15 Å². The quantitative estimate of drug-likeness (QED) is 0.451. The number of nitro groups is 1. The first-order valence-corrected chi connectivity index (χ1v) is 6.04. The van der Waals surface area contributed by atoms with Crippen molar-refractivity contribution in [1.82, 2.24) is 4.98 Å². The minimum absolute atomic E-state index is 0.0783. The van der Waals surface area contributed by atoms with Gasteiger partial charge >= 0.3 is 5.88 Å². The Morgan fingerprint density at radius 3 is 2.81 bits per heavy atom. The van der Waals surface area contributed by atoms with Crippen LogP contribution in [0.5, 0.6) is 5.75 Å². The smallest absolute Gasteiger partial charge is 0.433 e. The van der Waals surface area contributed by atoms with Gasteiger partial charge in [-0.1, -0.05) is 0 Å². The first-order valence-electron chi connectivity index (χ1n) is 6.04. The lowest BCUT2D eigenvalue weighted by molar-refractivity contribution is -0.402. The summed E-state index contributed by atoms with van der Waals surface area (Å²) in [4.78, 5) is 25.3. The van der Waals surface area contributed by atoms with Crippen LogP contribution < -0.4 is 4.74 Å². The van der Waals surface area contributed by atoms with E-state index < -0.39 is 16.6 Å². The topological polar surface area (TPSA) is 98.4 Å². The lowest BCUT2D eigenvalue weighted by atomic mass is 10.1. The fourth-order valence-electron chi connectivity index (χ4n) is 2.10. The van der Waals surface area contributed by atoms with Crippen molar-refractivity contribution in [3.63, 3.8) is 0 Å². The minimum Gasteiger partial charge on any atom is -0.497 e. The largest absolute Gasteiger partial charge is 0.497 e. The molecule has 0 unspecified atom stereocenters. The molecule has 7 nitrogen and oxygen atoms in total. The highest BCUT2D eigenvalue weighted by molar-refractivity contribution is 6.15.